The van der Waals surface area contributed by atoms with E-state index in [0.29, 0.717) is 24.0 Å². The number of halogens is 1. The maximum absolute atomic E-state index is 6.33. The van der Waals surface area contributed by atoms with Crippen molar-refractivity contribution in [1.82, 2.24) is 5.32 Å². The van der Waals surface area contributed by atoms with Crippen LogP contribution in [-0.4, -0.2) is 24.5 Å². The topological polar surface area (TPSA) is 30.5 Å². The molecule has 104 valence electrons. The van der Waals surface area contributed by atoms with Crippen LogP contribution in [0.1, 0.15) is 31.2 Å². The summed E-state index contributed by atoms with van der Waals surface area (Å²) in [4.78, 5) is 0. The molecule has 1 saturated heterocycles. The van der Waals surface area contributed by atoms with Gasteiger partial charge in [0.05, 0.1) is 23.6 Å². The molecule has 5 heteroatoms. The van der Waals surface area contributed by atoms with Gasteiger partial charge in [0.1, 0.15) is 0 Å². The lowest BCUT2D eigenvalue weighted by Gasteiger charge is -2.20. The highest BCUT2D eigenvalue weighted by atomic mass is 35.5. The Bertz CT molecular complexity index is 493. The third kappa shape index (κ3) is 2.81. The molecule has 19 heavy (non-hydrogen) atoms. The number of benzene rings is 1. The number of hydrogen-bond acceptors (Lipinski definition) is 4. The van der Waals surface area contributed by atoms with Crippen LogP contribution in [0.2, 0.25) is 5.02 Å². The lowest BCUT2D eigenvalue weighted by molar-refractivity contribution is 0.297. The van der Waals surface area contributed by atoms with Crippen molar-refractivity contribution < 1.29 is 9.47 Å². The van der Waals surface area contributed by atoms with E-state index in [9.17, 15) is 0 Å². The Morgan fingerprint density at radius 2 is 2.11 bits per heavy atom. The van der Waals surface area contributed by atoms with Gasteiger partial charge in [-0.1, -0.05) is 11.6 Å². The average molecular weight is 300 g/mol. The highest BCUT2D eigenvalue weighted by Gasteiger charge is 2.32. The molecule has 0 amide bonds. The highest BCUT2D eigenvalue weighted by molar-refractivity contribution is 7.99. The van der Waals surface area contributed by atoms with Crippen LogP contribution in [0.15, 0.2) is 12.1 Å². The summed E-state index contributed by atoms with van der Waals surface area (Å²) in [5, 5.41) is 4.51. The molecule has 1 aromatic carbocycles. The van der Waals surface area contributed by atoms with E-state index in [1.807, 2.05) is 17.8 Å². The number of hydrogen-bond donors (Lipinski definition) is 1. The minimum absolute atomic E-state index is 0.159. The average Bonchev–Trinajstić information content (AvgIpc) is 2.59. The Morgan fingerprint density at radius 3 is 2.84 bits per heavy atom. The molecule has 0 aliphatic carbocycles. The summed E-state index contributed by atoms with van der Waals surface area (Å²) in [7, 11) is 0. The van der Waals surface area contributed by atoms with Crippen LogP contribution in [0.25, 0.3) is 0 Å². The van der Waals surface area contributed by atoms with E-state index in [0.717, 1.165) is 23.5 Å². The summed E-state index contributed by atoms with van der Waals surface area (Å²) in [6.45, 7) is 5.77. The summed E-state index contributed by atoms with van der Waals surface area (Å²) in [6, 6.07) is 4.04. The monoisotopic (exact) mass is 299 g/mol. The van der Waals surface area contributed by atoms with Gasteiger partial charge < -0.3 is 9.47 Å². The van der Waals surface area contributed by atoms with Gasteiger partial charge in [-0.2, -0.15) is 0 Å². The molecule has 2 aliphatic heterocycles. The summed E-state index contributed by atoms with van der Waals surface area (Å²) in [6.07, 6.45) is 0.893. The van der Waals surface area contributed by atoms with Crippen LogP contribution in [0.5, 0.6) is 11.5 Å². The van der Waals surface area contributed by atoms with Gasteiger partial charge in [-0.15, -0.1) is 11.8 Å². The Hall–Kier alpha value is -0.580. The van der Waals surface area contributed by atoms with Crippen LogP contribution in [0, 0.1) is 0 Å². The Morgan fingerprint density at radius 1 is 1.32 bits per heavy atom. The second-order valence-corrected chi connectivity index (χ2v) is 7.10. The van der Waals surface area contributed by atoms with E-state index in [1.54, 1.807) is 0 Å². The minimum atomic E-state index is 0.159. The maximum atomic E-state index is 6.33. The van der Waals surface area contributed by atoms with Gasteiger partial charge in [0, 0.05) is 17.7 Å². The molecule has 2 heterocycles. The normalized spacial score (nSPS) is 25.1. The van der Waals surface area contributed by atoms with Crippen molar-refractivity contribution in [2.75, 3.05) is 19.0 Å². The van der Waals surface area contributed by atoms with E-state index >= 15 is 0 Å². The molecular formula is C14H18ClNO2S. The zero-order chi connectivity index (χ0) is 13.5. The molecule has 0 aromatic heterocycles. The number of fused-ring (bicyclic) bond motifs is 1. The first-order chi connectivity index (χ1) is 9.05. The first-order valence-corrected chi connectivity index (χ1v) is 7.96. The molecule has 0 bridgehead atoms. The first kappa shape index (κ1) is 13.4. The Balaban J connectivity index is 1.91. The van der Waals surface area contributed by atoms with Crippen molar-refractivity contribution in [3.05, 3.63) is 22.7 Å². The standard InChI is InChI=1S/C14H18ClNO2S/c1-14(2)8-19-13(16-14)9-6-10(15)12-11(7-9)17-4-3-5-18-12/h6-7,13,16H,3-5,8H2,1-2H3. The predicted octanol–water partition coefficient (Wildman–Crippen LogP) is 3.61. The van der Waals surface area contributed by atoms with Crippen LogP contribution in [0.4, 0.5) is 0 Å². The predicted molar refractivity (Wildman–Crippen MR) is 79.5 cm³/mol. The molecule has 0 saturated carbocycles. The lowest BCUT2D eigenvalue weighted by atomic mass is 10.1. The first-order valence-electron chi connectivity index (χ1n) is 6.53. The SMILES string of the molecule is CC1(C)CSC(c2cc(Cl)c3c(c2)OCCCO3)N1. The summed E-state index contributed by atoms with van der Waals surface area (Å²) in [5.41, 5.74) is 1.32. The van der Waals surface area contributed by atoms with Crippen molar-refractivity contribution in [3.63, 3.8) is 0 Å². The van der Waals surface area contributed by atoms with Crippen LogP contribution in [0.3, 0.4) is 0 Å². The molecule has 2 aliphatic rings. The summed E-state index contributed by atoms with van der Waals surface area (Å²) < 4.78 is 11.4. The molecule has 1 aromatic rings. The van der Waals surface area contributed by atoms with E-state index in [-0.39, 0.29) is 10.9 Å². The quantitative estimate of drug-likeness (QED) is 0.858. The fraction of sp³-hybridized carbons (Fsp3) is 0.571. The Kier molecular flexibility index (Phi) is 3.58. The second kappa shape index (κ2) is 5.08. The van der Waals surface area contributed by atoms with Crippen LogP contribution < -0.4 is 14.8 Å². The second-order valence-electron chi connectivity index (χ2n) is 5.60. The van der Waals surface area contributed by atoms with Gasteiger partial charge >= 0.3 is 0 Å². The zero-order valence-corrected chi connectivity index (χ0v) is 12.7. The minimum Gasteiger partial charge on any atom is -0.489 e. The largest absolute Gasteiger partial charge is 0.489 e. The number of ether oxygens (including phenoxy) is 2. The van der Waals surface area contributed by atoms with Gasteiger partial charge in [0.2, 0.25) is 0 Å². The highest BCUT2D eigenvalue weighted by Crippen LogP contribution is 2.44. The fourth-order valence-electron chi connectivity index (χ4n) is 2.31. The molecule has 1 atom stereocenters. The van der Waals surface area contributed by atoms with Gasteiger partial charge in [-0.25, -0.2) is 0 Å². The van der Waals surface area contributed by atoms with Crippen LogP contribution >= 0.6 is 23.4 Å². The molecule has 3 rings (SSSR count). The molecule has 1 unspecified atom stereocenters. The van der Waals surface area contributed by atoms with Crippen molar-refractivity contribution in [1.29, 1.82) is 0 Å². The van der Waals surface area contributed by atoms with Gasteiger partial charge in [0.15, 0.2) is 11.5 Å². The van der Waals surface area contributed by atoms with Crippen molar-refractivity contribution in [3.8, 4) is 11.5 Å². The molecule has 1 fully saturated rings. The number of thioether (sulfide) groups is 1. The zero-order valence-electron chi connectivity index (χ0n) is 11.2. The van der Waals surface area contributed by atoms with Crippen LogP contribution in [-0.2, 0) is 0 Å². The van der Waals surface area contributed by atoms with E-state index in [4.69, 9.17) is 21.1 Å². The number of rotatable bonds is 1. The maximum Gasteiger partial charge on any atom is 0.179 e. The summed E-state index contributed by atoms with van der Waals surface area (Å²) >= 11 is 8.23. The molecule has 0 radical (unpaired) electrons. The van der Waals surface area contributed by atoms with Crippen molar-refractivity contribution in [2.24, 2.45) is 0 Å². The third-order valence-electron chi connectivity index (χ3n) is 3.26. The van der Waals surface area contributed by atoms with Gasteiger partial charge in [0.25, 0.3) is 0 Å². The molecular weight excluding hydrogens is 282 g/mol. The van der Waals surface area contributed by atoms with Crippen molar-refractivity contribution in [2.45, 2.75) is 31.2 Å². The van der Waals surface area contributed by atoms with Gasteiger partial charge in [-0.3, -0.25) is 5.32 Å². The van der Waals surface area contributed by atoms with Gasteiger partial charge in [-0.05, 0) is 31.5 Å². The lowest BCUT2D eigenvalue weighted by Crippen LogP contribution is -2.35. The van der Waals surface area contributed by atoms with E-state index in [2.05, 4.69) is 25.2 Å². The summed E-state index contributed by atoms with van der Waals surface area (Å²) in [5.74, 6) is 2.54. The third-order valence-corrected chi connectivity index (χ3v) is 5.15. The smallest absolute Gasteiger partial charge is 0.179 e. The van der Waals surface area contributed by atoms with Crippen molar-refractivity contribution >= 4 is 23.4 Å². The number of nitrogens with one attached hydrogen (secondary N) is 1. The molecule has 0 spiro atoms. The van der Waals surface area contributed by atoms with E-state index in [1.165, 1.54) is 0 Å². The molecule has 1 N–H and O–H groups in total. The Labute approximate surface area is 123 Å². The molecule has 3 nitrogen and oxygen atoms in total. The van der Waals surface area contributed by atoms with E-state index < -0.39 is 0 Å². The fourth-order valence-corrected chi connectivity index (χ4v) is 3.98.